The smallest absolute Gasteiger partial charge is 0.0890 e. The van der Waals surface area contributed by atoms with Gasteiger partial charge in [0.15, 0.2) is 0 Å². The van der Waals surface area contributed by atoms with E-state index in [2.05, 4.69) is 15.3 Å². The third-order valence-electron chi connectivity index (χ3n) is 3.74. The molecule has 4 heteroatoms. The normalized spacial score (nSPS) is 16.0. The van der Waals surface area contributed by atoms with Gasteiger partial charge in [0.05, 0.1) is 35.6 Å². The van der Waals surface area contributed by atoms with Crippen molar-refractivity contribution in [1.29, 1.82) is 0 Å². The van der Waals surface area contributed by atoms with Crippen LogP contribution in [0.2, 0.25) is 0 Å². The molecule has 0 radical (unpaired) electrons. The number of aromatic nitrogens is 2. The van der Waals surface area contributed by atoms with Crippen molar-refractivity contribution in [3.63, 3.8) is 0 Å². The molecule has 1 N–H and O–H groups in total. The molecule has 106 valence electrons. The maximum atomic E-state index is 5.81. The Hall–Kier alpha value is -1.52. The maximum Gasteiger partial charge on any atom is 0.0890 e. The van der Waals surface area contributed by atoms with E-state index in [1.54, 1.807) is 0 Å². The van der Waals surface area contributed by atoms with Gasteiger partial charge in [-0.1, -0.05) is 25.0 Å². The Kier molecular flexibility index (Phi) is 4.56. The Morgan fingerprint density at radius 3 is 2.80 bits per heavy atom. The van der Waals surface area contributed by atoms with Gasteiger partial charge in [-0.3, -0.25) is 4.98 Å². The number of para-hydroxylation sites is 2. The highest BCUT2D eigenvalue weighted by atomic mass is 16.5. The van der Waals surface area contributed by atoms with Crippen LogP contribution in [0.25, 0.3) is 11.0 Å². The van der Waals surface area contributed by atoms with Crippen LogP contribution in [0.5, 0.6) is 0 Å². The Morgan fingerprint density at radius 1 is 1.15 bits per heavy atom. The summed E-state index contributed by atoms with van der Waals surface area (Å²) in [6, 6.07) is 7.95. The summed E-state index contributed by atoms with van der Waals surface area (Å²) < 4.78 is 5.81. The molecule has 1 saturated carbocycles. The number of fused-ring (bicyclic) bond motifs is 1. The first-order chi connectivity index (χ1) is 9.92. The summed E-state index contributed by atoms with van der Waals surface area (Å²) in [6.07, 6.45) is 7.45. The third-order valence-corrected chi connectivity index (χ3v) is 3.74. The lowest BCUT2D eigenvalue weighted by Gasteiger charge is -2.11. The van der Waals surface area contributed by atoms with Crippen molar-refractivity contribution >= 4 is 11.0 Å². The number of rotatable bonds is 6. The minimum Gasteiger partial charge on any atom is -0.377 e. The summed E-state index contributed by atoms with van der Waals surface area (Å²) in [5.74, 6) is 0. The molecule has 0 spiro atoms. The van der Waals surface area contributed by atoms with Crippen molar-refractivity contribution in [3.05, 3.63) is 36.2 Å². The molecular formula is C16H21N3O. The average molecular weight is 271 g/mol. The third kappa shape index (κ3) is 3.52. The van der Waals surface area contributed by atoms with Gasteiger partial charge in [-0.25, -0.2) is 4.98 Å². The summed E-state index contributed by atoms with van der Waals surface area (Å²) in [5.41, 5.74) is 2.87. The second-order valence-corrected chi connectivity index (χ2v) is 5.30. The summed E-state index contributed by atoms with van der Waals surface area (Å²) in [4.78, 5) is 8.99. The van der Waals surface area contributed by atoms with Gasteiger partial charge in [0.2, 0.25) is 0 Å². The van der Waals surface area contributed by atoms with Crippen LogP contribution in [-0.4, -0.2) is 29.2 Å². The van der Waals surface area contributed by atoms with Crippen LogP contribution in [0.4, 0.5) is 0 Å². The van der Waals surface area contributed by atoms with Gasteiger partial charge in [-0.05, 0) is 25.0 Å². The van der Waals surface area contributed by atoms with Crippen LogP contribution < -0.4 is 5.32 Å². The van der Waals surface area contributed by atoms with Crippen LogP contribution >= 0.6 is 0 Å². The number of ether oxygens (including phenoxy) is 1. The molecule has 0 saturated heterocycles. The van der Waals surface area contributed by atoms with Crippen LogP contribution in [0.15, 0.2) is 30.5 Å². The molecule has 1 aliphatic carbocycles. The fourth-order valence-electron chi connectivity index (χ4n) is 2.65. The number of nitrogens with zero attached hydrogens (tertiary/aromatic N) is 2. The molecular weight excluding hydrogens is 250 g/mol. The Labute approximate surface area is 119 Å². The molecule has 0 atom stereocenters. The summed E-state index contributed by atoms with van der Waals surface area (Å²) in [5, 5.41) is 3.36. The first-order valence-corrected chi connectivity index (χ1v) is 7.45. The lowest BCUT2D eigenvalue weighted by atomic mass is 10.3. The monoisotopic (exact) mass is 271 g/mol. The van der Waals surface area contributed by atoms with E-state index in [-0.39, 0.29) is 0 Å². The fraction of sp³-hybridized carbons (Fsp3) is 0.500. The molecule has 0 amide bonds. The van der Waals surface area contributed by atoms with Gasteiger partial charge in [0.25, 0.3) is 0 Å². The van der Waals surface area contributed by atoms with Crippen molar-refractivity contribution in [2.75, 3.05) is 13.2 Å². The second kappa shape index (κ2) is 6.77. The maximum absolute atomic E-state index is 5.81. The predicted molar refractivity (Wildman–Crippen MR) is 79.5 cm³/mol. The largest absolute Gasteiger partial charge is 0.377 e. The number of nitrogens with one attached hydrogen (secondary N) is 1. The van der Waals surface area contributed by atoms with Crippen LogP contribution in [0.1, 0.15) is 31.4 Å². The van der Waals surface area contributed by atoms with E-state index in [1.807, 2.05) is 30.5 Å². The highest BCUT2D eigenvalue weighted by Crippen LogP contribution is 2.20. The Balaban J connectivity index is 1.42. The molecule has 1 aliphatic rings. The molecule has 0 aliphatic heterocycles. The molecule has 1 aromatic carbocycles. The highest BCUT2D eigenvalue weighted by molar-refractivity contribution is 5.73. The molecule has 0 unspecified atom stereocenters. The summed E-state index contributed by atoms with van der Waals surface area (Å²) >= 11 is 0. The molecule has 4 nitrogen and oxygen atoms in total. The number of hydrogen-bond donors (Lipinski definition) is 1. The van der Waals surface area contributed by atoms with Crippen LogP contribution in [0, 0.1) is 0 Å². The standard InChI is InChI=1S/C16H21N3O/c1-2-6-14(5-1)20-10-9-17-11-13-12-18-15-7-3-4-8-16(15)19-13/h3-4,7-8,12,14,17H,1-2,5-6,9-11H2. The molecule has 1 aromatic heterocycles. The molecule has 2 aromatic rings. The van der Waals surface area contributed by atoms with Gasteiger partial charge < -0.3 is 10.1 Å². The SMILES string of the molecule is c1ccc2nc(CNCCOC3CCCC3)cnc2c1. The topological polar surface area (TPSA) is 47.0 Å². The first-order valence-electron chi connectivity index (χ1n) is 7.45. The predicted octanol–water partition coefficient (Wildman–Crippen LogP) is 2.68. The van der Waals surface area contributed by atoms with Gasteiger partial charge >= 0.3 is 0 Å². The summed E-state index contributed by atoms with van der Waals surface area (Å²) in [6.45, 7) is 2.39. The lowest BCUT2D eigenvalue weighted by Crippen LogP contribution is -2.22. The lowest BCUT2D eigenvalue weighted by molar-refractivity contribution is 0.0602. The van der Waals surface area contributed by atoms with Crippen molar-refractivity contribution in [3.8, 4) is 0 Å². The average Bonchev–Trinajstić information content (AvgIpc) is 3.00. The molecule has 1 heterocycles. The van der Waals surface area contributed by atoms with Crippen LogP contribution in [-0.2, 0) is 11.3 Å². The number of hydrogen-bond acceptors (Lipinski definition) is 4. The molecule has 0 bridgehead atoms. The molecule has 3 rings (SSSR count). The number of benzene rings is 1. The van der Waals surface area contributed by atoms with Gasteiger partial charge in [-0.2, -0.15) is 0 Å². The van der Waals surface area contributed by atoms with Crippen molar-refractivity contribution in [1.82, 2.24) is 15.3 Å². The molecule has 20 heavy (non-hydrogen) atoms. The zero-order valence-corrected chi connectivity index (χ0v) is 11.7. The van der Waals surface area contributed by atoms with E-state index in [0.29, 0.717) is 6.10 Å². The minimum atomic E-state index is 0.497. The van der Waals surface area contributed by atoms with E-state index in [1.165, 1.54) is 25.7 Å². The molecule has 1 fully saturated rings. The van der Waals surface area contributed by atoms with Crippen molar-refractivity contribution in [2.24, 2.45) is 0 Å². The van der Waals surface area contributed by atoms with Crippen molar-refractivity contribution in [2.45, 2.75) is 38.3 Å². The van der Waals surface area contributed by atoms with E-state index in [9.17, 15) is 0 Å². The quantitative estimate of drug-likeness (QED) is 0.821. The zero-order chi connectivity index (χ0) is 13.6. The van der Waals surface area contributed by atoms with Crippen molar-refractivity contribution < 1.29 is 4.74 Å². The van der Waals surface area contributed by atoms with E-state index in [4.69, 9.17) is 4.74 Å². The fourth-order valence-corrected chi connectivity index (χ4v) is 2.65. The Morgan fingerprint density at radius 2 is 1.95 bits per heavy atom. The zero-order valence-electron chi connectivity index (χ0n) is 11.7. The van der Waals surface area contributed by atoms with Gasteiger partial charge in [0.1, 0.15) is 0 Å². The second-order valence-electron chi connectivity index (χ2n) is 5.30. The minimum absolute atomic E-state index is 0.497. The Bertz CT molecular complexity index is 552. The van der Waals surface area contributed by atoms with Gasteiger partial charge in [0, 0.05) is 13.1 Å². The highest BCUT2D eigenvalue weighted by Gasteiger charge is 2.14. The van der Waals surface area contributed by atoms with E-state index in [0.717, 1.165) is 36.4 Å². The van der Waals surface area contributed by atoms with Gasteiger partial charge in [-0.15, -0.1) is 0 Å². The van der Waals surface area contributed by atoms with E-state index >= 15 is 0 Å². The van der Waals surface area contributed by atoms with E-state index < -0.39 is 0 Å². The summed E-state index contributed by atoms with van der Waals surface area (Å²) in [7, 11) is 0. The first kappa shape index (κ1) is 13.5. The van der Waals surface area contributed by atoms with Crippen LogP contribution in [0.3, 0.4) is 0 Å².